The summed E-state index contributed by atoms with van der Waals surface area (Å²) in [4.78, 5) is 30.4. The molecule has 0 bridgehead atoms. The van der Waals surface area contributed by atoms with Gasteiger partial charge in [0.1, 0.15) is 11.5 Å². The second-order valence-corrected chi connectivity index (χ2v) is 6.76. The molecule has 6 nitrogen and oxygen atoms in total. The summed E-state index contributed by atoms with van der Waals surface area (Å²) in [6.45, 7) is 2.28. The van der Waals surface area contributed by atoms with E-state index in [1.807, 2.05) is 25.1 Å². The first-order valence-electron chi connectivity index (χ1n) is 8.11. The van der Waals surface area contributed by atoms with Crippen molar-refractivity contribution in [2.45, 2.75) is 19.9 Å². The molecule has 134 valence electrons. The van der Waals surface area contributed by atoms with E-state index >= 15 is 0 Å². The smallest absolute Gasteiger partial charge is 0.257 e. The van der Waals surface area contributed by atoms with Crippen molar-refractivity contribution in [1.82, 2.24) is 9.88 Å². The van der Waals surface area contributed by atoms with Crippen LogP contribution in [0.15, 0.2) is 52.3 Å². The number of carbonyl (C=O) groups excluding carboxylic acids is 2. The van der Waals surface area contributed by atoms with Crippen molar-refractivity contribution in [2.24, 2.45) is 0 Å². The number of hydrogen-bond donors (Lipinski definition) is 1. The summed E-state index contributed by atoms with van der Waals surface area (Å²) in [5.41, 5.74) is 1.19. The van der Waals surface area contributed by atoms with Crippen molar-refractivity contribution in [3.63, 3.8) is 0 Å². The third-order valence-corrected chi connectivity index (χ3v) is 4.56. The SMILES string of the molecule is Cc1ccc(CN(C)C(=O)Cc2csc(NC(=O)c3ccccc3)n2)o1. The molecule has 0 aliphatic carbocycles. The fourth-order valence-electron chi connectivity index (χ4n) is 2.39. The van der Waals surface area contributed by atoms with Crippen LogP contribution in [0.25, 0.3) is 0 Å². The Morgan fingerprint density at radius 1 is 1.19 bits per heavy atom. The zero-order chi connectivity index (χ0) is 18.5. The first-order valence-corrected chi connectivity index (χ1v) is 8.99. The van der Waals surface area contributed by atoms with Crippen LogP contribution in [0.1, 0.15) is 27.6 Å². The molecule has 3 aromatic rings. The summed E-state index contributed by atoms with van der Waals surface area (Å²) < 4.78 is 5.49. The molecule has 1 aromatic carbocycles. The van der Waals surface area contributed by atoms with E-state index in [1.54, 1.807) is 41.6 Å². The van der Waals surface area contributed by atoms with E-state index in [-0.39, 0.29) is 18.2 Å². The van der Waals surface area contributed by atoms with E-state index in [1.165, 1.54) is 11.3 Å². The second kappa shape index (κ2) is 7.97. The van der Waals surface area contributed by atoms with Gasteiger partial charge >= 0.3 is 0 Å². The highest BCUT2D eigenvalue weighted by Crippen LogP contribution is 2.18. The number of aryl methyl sites for hydroxylation is 1. The molecule has 0 radical (unpaired) electrons. The monoisotopic (exact) mass is 369 g/mol. The fourth-order valence-corrected chi connectivity index (χ4v) is 3.09. The first-order chi connectivity index (χ1) is 12.5. The Labute approximate surface area is 155 Å². The molecule has 3 rings (SSSR count). The molecule has 0 aliphatic rings. The van der Waals surface area contributed by atoms with Gasteiger partial charge in [-0.2, -0.15) is 0 Å². The zero-order valence-corrected chi connectivity index (χ0v) is 15.4. The number of benzene rings is 1. The van der Waals surface area contributed by atoms with Crippen molar-refractivity contribution >= 4 is 28.3 Å². The van der Waals surface area contributed by atoms with Gasteiger partial charge < -0.3 is 9.32 Å². The number of rotatable bonds is 6. The van der Waals surface area contributed by atoms with Gasteiger partial charge in [0.25, 0.3) is 5.91 Å². The number of nitrogens with one attached hydrogen (secondary N) is 1. The van der Waals surface area contributed by atoms with Crippen LogP contribution in [-0.2, 0) is 17.8 Å². The van der Waals surface area contributed by atoms with Crippen molar-refractivity contribution < 1.29 is 14.0 Å². The van der Waals surface area contributed by atoms with E-state index in [0.717, 1.165) is 11.5 Å². The van der Waals surface area contributed by atoms with Crippen molar-refractivity contribution in [2.75, 3.05) is 12.4 Å². The Hall–Kier alpha value is -2.93. The lowest BCUT2D eigenvalue weighted by atomic mass is 10.2. The van der Waals surface area contributed by atoms with Gasteiger partial charge in [-0.05, 0) is 31.2 Å². The molecule has 0 spiro atoms. The maximum atomic E-state index is 12.3. The van der Waals surface area contributed by atoms with Gasteiger partial charge in [-0.15, -0.1) is 11.3 Å². The molecule has 2 heterocycles. The maximum Gasteiger partial charge on any atom is 0.257 e. The third kappa shape index (κ3) is 4.58. The minimum Gasteiger partial charge on any atom is -0.464 e. The Morgan fingerprint density at radius 2 is 1.96 bits per heavy atom. The molecule has 0 aliphatic heterocycles. The number of aromatic nitrogens is 1. The number of nitrogens with zero attached hydrogens (tertiary/aromatic N) is 2. The average Bonchev–Trinajstić information content (AvgIpc) is 3.24. The number of amides is 2. The highest BCUT2D eigenvalue weighted by Gasteiger charge is 2.15. The van der Waals surface area contributed by atoms with Crippen molar-refractivity contribution in [3.8, 4) is 0 Å². The molecule has 0 atom stereocenters. The fraction of sp³-hybridized carbons (Fsp3) is 0.211. The summed E-state index contributed by atoms with van der Waals surface area (Å²) in [5.74, 6) is 1.28. The number of likely N-dealkylation sites (N-methyl/N-ethyl adjacent to an activating group) is 1. The quantitative estimate of drug-likeness (QED) is 0.722. The highest BCUT2D eigenvalue weighted by molar-refractivity contribution is 7.14. The van der Waals surface area contributed by atoms with E-state index in [2.05, 4.69) is 10.3 Å². The predicted molar refractivity (Wildman–Crippen MR) is 100 cm³/mol. The Morgan fingerprint density at radius 3 is 2.65 bits per heavy atom. The molecule has 26 heavy (non-hydrogen) atoms. The molecule has 1 N–H and O–H groups in total. The molecule has 2 aromatic heterocycles. The van der Waals surface area contributed by atoms with Crippen LogP contribution in [0, 0.1) is 6.92 Å². The van der Waals surface area contributed by atoms with Gasteiger partial charge in [-0.25, -0.2) is 4.98 Å². The molecule has 0 unspecified atom stereocenters. The zero-order valence-electron chi connectivity index (χ0n) is 14.6. The lowest BCUT2D eigenvalue weighted by Gasteiger charge is -2.14. The van der Waals surface area contributed by atoms with Crippen LogP contribution in [0.2, 0.25) is 0 Å². The van der Waals surface area contributed by atoms with E-state index in [4.69, 9.17) is 4.42 Å². The third-order valence-electron chi connectivity index (χ3n) is 3.76. The minimum absolute atomic E-state index is 0.0645. The van der Waals surface area contributed by atoms with Crippen LogP contribution in [0.3, 0.4) is 0 Å². The molecular weight excluding hydrogens is 350 g/mol. The highest BCUT2D eigenvalue weighted by atomic mass is 32.1. The van der Waals surface area contributed by atoms with Gasteiger partial charge in [-0.3, -0.25) is 14.9 Å². The topological polar surface area (TPSA) is 75.4 Å². The first kappa shape index (κ1) is 17.9. The molecule has 7 heteroatoms. The van der Waals surface area contributed by atoms with Gasteiger partial charge in [0.15, 0.2) is 5.13 Å². The minimum atomic E-state index is -0.219. The standard InChI is InChI=1S/C19H19N3O3S/c1-13-8-9-16(25-13)11-22(2)17(23)10-15-12-26-19(20-15)21-18(24)14-6-4-3-5-7-14/h3-9,12H,10-11H2,1-2H3,(H,20,21,24). The maximum absolute atomic E-state index is 12.3. The Balaban J connectivity index is 1.56. The largest absolute Gasteiger partial charge is 0.464 e. The Kier molecular flexibility index (Phi) is 5.48. The summed E-state index contributed by atoms with van der Waals surface area (Å²) >= 11 is 1.30. The van der Waals surface area contributed by atoms with Crippen LogP contribution in [-0.4, -0.2) is 28.7 Å². The van der Waals surface area contributed by atoms with E-state index in [0.29, 0.717) is 22.9 Å². The van der Waals surface area contributed by atoms with Crippen LogP contribution in [0.5, 0.6) is 0 Å². The molecule has 2 amide bonds. The number of furan rings is 1. The summed E-state index contributed by atoms with van der Waals surface area (Å²) in [6.07, 6.45) is 0.175. The lowest BCUT2D eigenvalue weighted by molar-refractivity contribution is -0.129. The summed E-state index contributed by atoms with van der Waals surface area (Å²) in [7, 11) is 1.73. The van der Waals surface area contributed by atoms with Crippen molar-refractivity contribution in [3.05, 3.63) is 70.6 Å². The number of carbonyl (C=O) groups is 2. The van der Waals surface area contributed by atoms with Crippen molar-refractivity contribution in [1.29, 1.82) is 0 Å². The van der Waals surface area contributed by atoms with Gasteiger partial charge in [0.2, 0.25) is 5.91 Å². The predicted octanol–water partition coefficient (Wildman–Crippen LogP) is 3.50. The van der Waals surface area contributed by atoms with Crippen LogP contribution in [0.4, 0.5) is 5.13 Å². The Bertz CT molecular complexity index is 902. The van der Waals surface area contributed by atoms with Gasteiger partial charge in [-0.1, -0.05) is 18.2 Å². The number of hydrogen-bond acceptors (Lipinski definition) is 5. The average molecular weight is 369 g/mol. The normalized spacial score (nSPS) is 10.5. The molecular formula is C19H19N3O3S. The van der Waals surface area contributed by atoms with Crippen LogP contribution < -0.4 is 5.32 Å². The summed E-state index contributed by atoms with van der Waals surface area (Å²) in [6, 6.07) is 12.7. The lowest BCUT2D eigenvalue weighted by Crippen LogP contribution is -2.27. The number of thiazole rings is 1. The summed E-state index contributed by atoms with van der Waals surface area (Å²) in [5, 5.41) is 5.01. The molecule has 0 saturated heterocycles. The second-order valence-electron chi connectivity index (χ2n) is 5.90. The van der Waals surface area contributed by atoms with Crippen LogP contribution >= 0.6 is 11.3 Å². The van der Waals surface area contributed by atoms with E-state index < -0.39 is 0 Å². The molecule has 0 saturated carbocycles. The van der Waals surface area contributed by atoms with Gasteiger partial charge in [0, 0.05) is 18.0 Å². The van der Waals surface area contributed by atoms with Gasteiger partial charge in [0.05, 0.1) is 18.7 Å². The molecule has 0 fully saturated rings. The number of anilines is 1. The van der Waals surface area contributed by atoms with E-state index in [9.17, 15) is 9.59 Å².